The SMILES string of the molecule is C#CCNC(=O)C(C)N1CCNC[C@@H]1C. The van der Waals surface area contributed by atoms with E-state index >= 15 is 0 Å². The van der Waals surface area contributed by atoms with E-state index in [0.717, 1.165) is 19.6 Å². The fraction of sp³-hybridized carbons (Fsp3) is 0.727. The van der Waals surface area contributed by atoms with Crippen molar-refractivity contribution in [1.82, 2.24) is 15.5 Å². The third-order valence-corrected chi connectivity index (χ3v) is 2.79. The third kappa shape index (κ3) is 3.22. The molecule has 0 aromatic rings. The highest BCUT2D eigenvalue weighted by atomic mass is 16.2. The first-order valence-corrected chi connectivity index (χ1v) is 5.34. The Labute approximate surface area is 91.4 Å². The highest BCUT2D eigenvalue weighted by Crippen LogP contribution is 2.07. The summed E-state index contributed by atoms with van der Waals surface area (Å²) in [6.07, 6.45) is 5.09. The lowest BCUT2D eigenvalue weighted by Crippen LogP contribution is -2.57. The van der Waals surface area contributed by atoms with Crippen molar-refractivity contribution < 1.29 is 4.79 Å². The maximum Gasteiger partial charge on any atom is 0.237 e. The van der Waals surface area contributed by atoms with Gasteiger partial charge in [-0.15, -0.1) is 6.42 Å². The summed E-state index contributed by atoms with van der Waals surface area (Å²) in [5, 5.41) is 6.01. The van der Waals surface area contributed by atoms with Gasteiger partial charge in [-0.3, -0.25) is 9.69 Å². The zero-order chi connectivity index (χ0) is 11.3. The van der Waals surface area contributed by atoms with E-state index in [9.17, 15) is 4.79 Å². The quantitative estimate of drug-likeness (QED) is 0.611. The lowest BCUT2D eigenvalue weighted by molar-refractivity contribution is -0.126. The molecular formula is C11H19N3O. The second-order valence-corrected chi connectivity index (χ2v) is 3.89. The molecule has 1 heterocycles. The van der Waals surface area contributed by atoms with E-state index in [1.165, 1.54) is 0 Å². The fourth-order valence-electron chi connectivity index (χ4n) is 1.87. The Hall–Kier alpha value is -1.05. The Morgan fingerprint density at radius 1 is 1.80 bits per heavy atom. The number of carbonyl (C=O) groups is 1. The summed E-state index contributed by atoms with van der Waals surface area (Å²) >= 11 is 0. The number of rotatable bonds is 3. The van der Waals surface area contributed by atoms with Crippen LogP contribution in [0.1, 0.15) is 13.8 Å². The van der Waals surface area contributed by atoms with Crippen LogP contribution in [0.3, 0.4) is 0 Å². The summed E-state index contributed by atoms with van der Waals surface area (Å²) in [5.41, 5.74) is 0. The third-order valence-electron chi connectivity index (χ3n) is 2.79. The van der Waals surface area contributed by atoms with Gasteiger partial charge in [0.2, 0.25) is 5.91 Å². The smallest absolute Gasteiger partial charge is 0.237 e. The van der Waals surface area contributed by atoms with Gasteiger partial charge in [0, 0.05) is 25.7 Å². The van der Waals surface area contributed by atoms with Crippen molar-refractivity contribution in [2.24, 2.45) is 0 Å². The number of nitrogens with one attached hydrogen (secondary N) is 2. The molecule has 0 aliphatic carbocycles. The van der Waals surface area contributed by atoms with Gasteiger partial charge in [-0.25, -0.2) is 0 Å². The summed E-state index contributed by atoms with van der Waals surface area (Å²) in [6.45, 7) is 7.14. The van der Waals surface area contributed by atoms with Crippen molar-refractivity contribution >= 4 is 5.91 Å². The fourth-order valence-corrected chi connectivity index (χ4v) is 1.87. The lowest BCUT2D eigenvalue weighted by Gasteiger charge is -2.37. The van der Waals surface area contributed by atoms with E-state index < -0.39 is 0 Å². The van der Waals surface area contributed by atoms with Crippen LogP contribution in [-0.4, -0.2) is 49.1 Å². The first-order valence-electron chi connectivity index (χ1n) is 5.34. The van der Waals surface area contributed by atoms with Crippen LogP contribution in [0.2, 0.25) is 0 Å². The molecule has 2 N–H and O–H groups in total. The summed E-state index contributed by atoms with van der Waals surface area (Å²) in [6, 6.07) is 0.292. The topological polar surface area (TPSA) is 44.4 Å². The number of hydrogen-bond donors (Lipinski definition) is 2. The minimum absolute atomic E-state index is 0.0155. The highest BCUT2D eigenvalue weighted by Gasteiger charge is 2.26. The molecule has 1 aliphatic rings. The number of piperazine rings is 1. The number of terminal acetylenes is 1. The van der Waals surface area contributed by atoms with Crippen LogP contribution in [0.4, 0.5) is 0 Å². The van der Waals surface area contributed by atoms with E-state index in [2.05, 4.69) is 28.4 Å². The molecule has 1 amide bonds. The molecule has 1 rings (SSSR count). The molecule has 1 unspecified atom stereocenters. The molecule has 0 saturated carbocycles. The molecule has 1 aliphatic heterocycles. The predicted molar refractivity (Wildman–Crippen MR) is 60.3 cm³/mol. The summed E-state index contributed by atoms with van der Waals surface area (Å²) in [5.74, 6) is 2.42. The van der Waals surface area contributed by atoms with Crippen molar-refractivity contribution in [3.8, 4) is 12.3 Å². The van der Waals surface area contributed by atoms with Crippen molar-refractivity contribution in [1.29, 1.82) is 0 Å². The molecule has 4 heteroatoms. The standard InChI is InChI=1S/C11H19N3O/c1-4-5-13-11(15)10(3)14-7-6-12-8-9(14)2/h1,9-10,12H,5-8H2,2-3H3,(H,13,15)/t9-,10?/m0/s1. The molecular weight excluding hydrogens is 190 g/mol. The predicted octanol–water partition coefficient (Wildman–Crippen LogP) is -0.582. The van der Waals surface area contributed by atoms with Crippen molar-refractivity contribution in [3.63, 3.8) is 0 Å². The van der Waals surface area contributed by atoms with Gasteiger partial charge in [0.25, 0.3) is 0 Å². The van der Waals surface area contributed by atoms with Gasteiger partial charge in [0.05, 0.1) is 12.6 Å². The van der Waals surface area contributed by atoms with Crippen LogP contribution in [0, 0.1) is 12.3 Å². The Balaban J connectivity index is 2.47. The number of hydrogen-bond acceptors (Lipinski definition) is 3. The molecule has 0 aromatic heterocycles. The van der Waals surface area contributed by atoms with Gasteiger partial charge in [0.15, 0.2) is 0 Å². The van der Waals surface area contributed by atoms with E-state index in [-0.39, 0.29) is 11.9 Å². The van der Waals surface area contributed by atoms with Crippen LogP contribution in [0.15, 0.2) is 0 Å². The molecule has 2 atom stereocenters. The van der Waals surface area contributed by atoms with Crippen molar-refractivity contribution in [2.45, 2.75) is 25.9 Å². The van der Waals surface area contributed by atoms with Crippen LogP contribution in [-0.2, 0) is 4.79 Å². The van der Waals surface area contributed by atoms with Crippen molar-refractivity contribution in [2.75, 3.05) is 26.2 Å². The van der Waals surface area contributed by atoms with E-state index in [1.54, 1.807) is 0 Å². The highest BCUT2D eigenvalue weighted by molar-refractivity contribution is 5.81. The van der Waals surface area contributed by atoms with Gasteiger partial charge in [0.1, 0.15) is 0 Å². The monoisotopic (exact) mass is 209 g/mol. The normalized spacial score (nSPS) is 24.2. The molecule has 1 fully saturated rings. The summed E-state index contributed by atoms with van der Waals surface area (Å²) < 4.78 is 0. The second kappa shape index (κ2) is 5.74. The molecule has 0 bridgehead atoms. The minimum atomic E-state index is -0.101. The van der Waals surface area contributed by atoms with E-state index in [4.69, 9.17) is 6.42 Å². The Morgan fingerprint density at radius 3 is 3.13 bits per heavy atom. The number of amides is 1. The van der Waals surface area contributed by atoms with Crippen LogP contribution in [0.25, 0.3) is 0 Å². The minimum Gasteiger partial charge on any atom is -0.344 e. The molecule has 0 spiro atoms. The maximum atomic E-state index is 11.7. The Morgan fingerprint density at radius 2 is 2.53 bits per heavy atom. The number of nitrogens with zero attached hydrogens (tertiary/aromatic N) is 1. The van der Waals surface area contributed by atoms with Gasteiger partial charge >= 0.3 is 0 Å². The van der Waals surface area contributed by atoms with Crippen LogP contribution >= 0.6 is 0 Å². The Kier molecular flexibility index (Phi) is 4.60. The zero-order valence-corrected chi connectivity index (χ0v) is 9.42. The van der Waals surface area contributed by atoms with Crippen LogP contribution < -0.4 is 10.6 Å². The van der Waals surface area contributed by atoms with Crippen molar-refractivity contribution in [3.05, 3.63) is 0 Å². The maximum absolute atomic E-state index is 11.7. The van der Waals surface area contributed by atoms with Gasteiger partial charge in [-0.1, -0.05) is 5.92 Å². The molecule has 0 aromatic carbocycles. The van der Waals surface area contributed by atoms with Gasteiger partial charge < -0.3 is 10.6 Å². The average molecular weight is 209 g/mol. The second-order valence-electron chi connectivity index (χ2n) is 3.89. The molecule has 0 radical (unpaired) electrons. The van der Waals surface area contributed by atoms with E-state index in [1.807, 2.05) is 6.92 Å². The molecule has 84 valence electrons. The Bertz CT molecular complexity index is 259. The number of carbonyl (C=O) groups excluding carboxylic acids is 1. The van der Waals surface area contributed by atoms with Gasteiger partial charge in [-0.05, 0) is 13.8 Å². The average Bonchev–Trinajstić information content (AvgIpc) is 2.25. The largest absolute Gasteiger partial charge is 0.344 e. The zero-order valence-electron chi connectivity index (χ0n) is 9.42. The summed E-state index contributed by atoms with van der Waals surface area (Å²) in [4.78, 5) is 13.9. The molecule has 1 saturated heterocycles. The van der Waals surface area contributed by atoms with Gasteiger partial charge in [-0.2, -0.15) is 0 Å². The molecule has 15 heavy (non-hydrogen) atoms. The first-order chi connectivity index (χ1) is 7.16. The van der Waals surface area contributed by atoms with E-state index in [0.29, 0.717) is 12.6 Å². The lowest BCUT2D eigenvalue weighted by atomic mass is 10.1. The molecule has 4 nitrogen and oxygen atoms in total. The summed E-state index contributed by atoms with van der Waals surface area (Å²) in [7, 11) is 0. The first kappa shape index (κ1) is 12.0. The van der Waals surface area contributed by atoms with Crippen LogP contribution in [0.5, 0.6) is 0 Å².